The SMILES string of the molecule is Cc1ccccc1C(C#N)Cc1ccncc1. The zero-order valence-corrected chi connectivity index (χ0v) is 9.80. The third-order valence-corrected chi connectivity index (χ3v) is 2.91. The van der Waals surface area contributed by atoms with Gasteiger partial charge in [0, 0.05) is 12.4 Å². The topological polar surface area (TPSA) is 36.7 Å². The van der Waals surface area contributed by atoms with E-state index in [1.54, 1.807) is 12.4 Å². The molecule has 0 saturated carbocycles. The summed E-state index contributed by atoms with van der Waals surface area (Å²) in [7, 11) is 0. The molecule has 0 radical (unpaired) electrons. The van der Waals surface area contributed by atoms with Crippen molar-refractivity contribution in [1.82, 2.24) is 4.98 Å². The lowest BCUT2D eigenvalue weighted by Gasteiger charge is -2.12. The first kappa shape index (κ1) is 11.3. The third-order valence-electron chi connectivity index (χ3n) is 2.91. The average molecular weight is 222 g/mol. The second-order valence-corrected chi connectivity index (χ2v) is 4.10. The van der Waals surface area contributed by atoms with Gasteiger partial charge in [0.15, 0.2) is 0 Å². The van der Waals surface area contributed by atoms with Gasteiger partial charge in [-0.2, -0.15) is 5.26 Å². The molecule has 0 saturated heterocycles. The van der Waals surface area contributed by atoms with Crippen LogP contribution in [0.15, 0.2) is 48.8 Å². The van der Waals surface area contributed by atoms with Crippen molar-refractivity contribution in [2.24, 2.45) is 0 Å². The van der Waals surface area contributed by atoms with Gasteiger partial charge in [-0.25, -0.2) is 0 Å². The molecule has 0 amide bonds. The molecule has 1 aromatic carbocycles. The highest BCUT2D eigenvalue weighted by molar-refractivity contribution is 5.34. The second kappa shape index (κ2) is 5.27. The maximum Gasteiger partial charge on any atom is 0.0755 e. The van der Waals surface area contributed by atoms with Crippen LogP contribution < -0.4 is 0 Å². The fourth-order valence-electron chi connectivity index (χ4n) is 1.96. The van der Waals surface area contributed by atoms with Crippen molar-refractivity contribution in [1.29, 1.82) is 5.26 Å². The van der Waals surface area contributed by atoms with E-state index < -0.39 is 0 Å². The highest BCUT2D eigenvalue weighted by atomic mass is 14.6. The number of benzene rings is 1. The van der Waals surface area contributed by atoms with Gasteiger partial charge in [-0.05, 0) is 42.2 Å². The standard InChI is InChI=1S/C15H14N2/c1-12-4-2-3-5-15(12)14(11-16)10-13-6-8-17-9-7-13/h2-9,14H,10H2,1H3. The fourth-order valence-corrected chi connectivity index (χ4v) is 1.96. The summed E-state index contributed by atoms with van der Waals surface area (Å²) < 4.78 is 0. The van der Waals surface area contributed by atoms with Crippen LogP contribution in [0.2, 0.25) is 0 Å². The summed E-state index contributed by atoms with van der Waals surface area (Å²) in [6, 6.07) is 14.4. The molecular weight excluding hydrogens is 208 g/mol. The van der Waals surface area contributed by atoms with E-state index in [1.165, 1.54) is 5.56 Å². The van der Waals surface area contributed by atoms with Crippen LogP contribution in [0.5, 0.6) is 0 Å². The van der Waals surface area contributed by atoms with Crippen molar-refractivity contribution in [2.75, 3.05) is 0 Å². The fraction of sp³-hybridized carbons (Fsp3) is 0.200. The Balaban J connectivity index is 2.25. The number of pyridine rings is 1. The van der Waals surface area contributed by atoms with Crippen LogP contribution in [-0.4, -0.2) is 4.98 Å². The van der Waals surface area contributed by atoms with Gasteiger partial charge in [0.2, 0.25) is 0 Å². The molecule has 2 rings (SSSR count). The van der Waals surface area contributed by atoms with Crippen molar-refractivity contribution in [3.63, 3.8) is 0 Å². The Labute approximate surface area is 102 Å². The molecule has 1 aromatic heterocycles. The Morgan fingerprint density at radius 1 is 1.18 bits per heavy atom. The van der Waals surface area contributed by atoms with Gasteiger partial charge >= 0.3 is 0 Å². The molecule has 0 N–H and O–H groups in total. The smallest absolute Gasteiger partial charge is 0.0755 e. The molecule has 1 unspecified atom stereocenters. The number of rotatable bonds is 3. The molecule has 17 heavy (non-hydrogen) atoms. The first-order valence-electron chi connectivity index (χ1n) is 5.65. The summed E-state index contributed by atoms with van der Waals surface area (Å²) in [4.78, 5) is 3.99. The summed E-state index contributed by atoms with van der Waals surface area (Å²) in [5.41, 5.74) is 3.44. The number of hydrogen-bond acceptors (Lipinski definition) is 2. The molecule has 0 spiro atoms. The van der Waals surface area contributed by atoms with E-state index in [9.17, 15) is 5.26 Å². The first-order chi connectivity index (χ1) is 8.31. The molecule has 0 aliphatic rings. The highest BCUT2D eigenvalue weighted by Gasteiger charge is 2.13. The van der Waals surface area contributed by atoms with Crippen LogP contribution in [-0.2, 0) is 6.42 Å². The molecule has 0 aliphatic heterocycles. The molecule has 0 fully saturated rings. The number of nitrogens with zero attached hydrogens (tertiary/aromatic N) is 2. The zero-order chi connectivity index (χ0) is 12.1. The number of nitriles is 1. The summed E-state index contributed by atoms with van der Waals surface area (Å²) >= 11 is 0. The molecule has 2 nitrogen and oxygen atoms in total. The van der Waals surface area contributed by atoms with E-state index in [4.69, 9.17) is 0 Å². The van der Waals surface area contributed by atoms with Gasteiger partial charge < -0.3 is 0 Å². The van der Waals surface area contributed by atoms with Crippen molar-refractivity contribution in [3.8, 4) is 6.07 Å². The largest absolute Gasteiger partial charge is 0.265 e. The molecule has 0 bridgehead atoms. The van der Waals surface area contributed by atoms with Crippen LogP contribution in [0.4, 0.5) is 0 Å². The number of aryl methyl sites for hydroxylation is 1. The van der Waals surface area contributed by atoms with Gasteiger partial charge in [0.05, 0.1) is 12.0 Å². The normalized spacial score (nSPS) is 11.8. The predicted octanol–water partition coefficient (Wildman–Crippen LogP) is 3.24. The van der Waals surface area contributed by atoms with Gasteiger partial charge in [-0.15, -0.1) is 0 Å². The lowest BCUT2D eigenvalue weighted by molar-refractivity contribution is 0.839. The Bertz CT molecular complexity index is 526. The van der Waals surface area contributed by atoms with Crippen molar-refractivity contribution in [2.45, 2.75) is 19.3 Å². The highest BCUT2D eigenvalue weighted by Crippen LogP contribution is 2.22. The Hall–Kier alpha value is -2.14. The molecule has 1 heterocycles. The Kier molecular flexibility index (Phi) is 3.52. The van der Waals surface area contributed by atoms with Crippen LogP contribution in [0, 0.1) is 18.3 Å². The summed E-state index contributed by atoms with van der Waals surface area (Å²) in [6.07, 6.45) is 4.27. The molecule has 1 atom stereocenters. The van der Waals surface area contributed by atoms with Gasteiger partial charge in [-0.1, -0.05) is 24.3 Å². The van der Waals surface area contributed by atoms with E-state index in [0.29, 0.717) is 0 Å². The minimum absolute atomic E-state index is 0.0846. The van der Waals surface area contributed by atoms with Crippen LogP contribution in [0.3, 0.4) is 0 Å². The first-order valence-corrected chi connectivity index (χ1v) is 5.65. The van der Waals surface area contributed by atoms with Crippen molar-refractivity contribution >= 4 is 0 Å². The minimum atomic E-state index is -0.0846. The lowest BCUT2D eigenvalue weighted by Crippen LogP contribution is -2.02. The maximum absolute atomic E-state index is 9.30. The van der Waals surface area contributed by atoms with Gasteiger partial charge in [0.1, 0.15) is 0 Å². The van der Waals surface area contributed by atoms with Gasteiger partial charge in [0.25, 0.3) is 0 Å². The van der Waals surface area contributed by atoms with Crippen molar-refractivity contribution < 1.29 is 0 Å². The molecule has 2 aromatic rings. The Morgan fingerprint density at radius 2 is 1.88 bits per heavy atom. The summed E-state index contributed by atoms with van der Waals surface area (Å²) in [5.74, 6) is -0.0846. The van der Waals surface area contributed by atoms with Crippen LogP contribution >= 0.6 is 0 Å². The lowest BCUT2D eigenvalue weighted by atomic mass is 9.91. The van der Waals surface area contributed by atoms with E-state index in [2.05, 4.69) is 11.1 Å². The second-order valence-electron chi connectivity index (χ2n) is 4.10. The van der Waals surface area contributed by atoms with E-state index >= 15 is 0 Å². The molecule has 2 heteroatoms. The number of aromatic nitrogens is 1. The third kappa shape index (κ3) is 2.70. The van der Waals surface area contributed by atoms with Crippen LogP contribution in [0.25, 0.3) is 0 Å². The average Bonchev–Trinajstić information content (AvgIpc) is 2.38. The van der Waals surface area contributed by atoms with E-state index in [0.717, 1.165) is 17.5 Å². The molecule has 0 aliphatic carbocycles. The zero-order valence-electron chi connectivity index (χ0n) is 9.80. The summed E-state index contributed by atoms with van der Waals surface area (Å²) in [6.45, 7) is 2.05. The predicted molar refractivity (Wildman–Crippen MR) is 67.5 cm³/mol. The van der Waals surface area contributed by atoms with Crippen LogP contribution in [0.1, 0.15) is 22.6 Å². The molecule has 84 valence electrons. The minimum Gasteiger partial charge on any atom is -0.265 e. The molecular formula is C15H14N2. The number of hydrogen-bond donors (Lipinski definition) is 0. The summed E-state index contributed by atoms with van der Waals surface area (Å²) in [5, 5.41) is 9.30. The van der Waals surface area contributed by atoms with E-state index in [-0.39, 0.29) is 5.92 Å². The van der Waals surface area contributed by atoms with Crippen molar-refractivity contribution in [3.05, 3.63) is 65.5 Å². The quantitative estimate of drug-likeness (QED) is 0.799. The van der Waals surface area contributed by atoms with E-state index in [1.807, 2.05) is 43.3 Å². The van der Waals surface area contributed by atoms with Gasteiger partial charge in [-0.3, -0.25) is 4.98 Å². The maximum atomic E-state index is 9.30. The Morgan fingerprint density at radius 3 is 2.53 bits per heavy atom. The monoisotopic (exact) mass is 222 g/mol.